The molecule has 15 heavy (non-hydrogen) atoms. The van der Waals surface area contributed by atoms with Crippen LogP contribution in [0.25, 0.3) is 0 Å². The van der Waals surface area contributed by atoms with Crippen LogP contribution in [0.15, 0.2) is 0 Å². The van der Waals surface area contributed by atoms with Crippen molar-refractivity contribution in [3.63, 3.8) is 0 Å². The van der Waals surface area contributed by atoms with Crippen molar-refractivity contribution in [2.24, 2.45) is 0 Å². The molecule has 1 heterocycles. The largest absolute Gasteiger partial charge is 0.382 e. The Labute approximate surface area is 94.2 Å². The van der Waals surface area contributed by atoms with Crippen molar-refractivity contribution in [1.29, 1.82) is 0 Å². The molecule has 90 valence electrons. The molecule has 0 amide bonds. The Morgan fingerprint density at radius 2 is 2.27 bits per heavy atom. The van der Waals surface area contributed by atoms with E-state index in [2.05, 4.69) is 24.1 Å². The summed E-state index contributed by atoms with van der Waals surface area (Å²) in [6, 6.07) is 0.733. The van der Waals surface area contributed by atoms with E-state index < -0.39 is 0 Å². The highest BCUT2D eigenvalue weighted by atomic mass is 16.5. The lowest BCUT2D eigenvalue weighted by Crippen LogP contribution is -2.38. The van der Waals surface area contributed by atoms with Gasteiger partial charge in [-0.05, 0) is 39.3 Å². The smallest absolute Gasteiger partial charge is 0.0478 e. The minimum absolute atomic E-state index is 0.733. The summed E-state index contributed by atoms with van der Waals surface area (Å²) in [6.07, 6.45) is 3.86. The van der Waals surface area contributed by atoms with Crippen LogP contribution >= 0.6 is 0 Å². The van der Waals surface area contributed by atoms with E-state index >= 15 is 0 Å². The zero-order valence-electron chi connectivity index (χ0n) is 10.3. The van der Waals surface area contributed by atoms with Gasteiger partial charge in [-0.25, -0.2) is 0 Å². The first-order chi connectivity index (χ1) is 7.36. The number of nitrogens with zero attached hydrogens (tertiary/aromatic N) is 1. The molecule has 0 aromatic rings. The van der Waals surface area contributed by atoms with E-state index in [1.54, 1.807) is 0 Å². The maximum Gasteiger partial charge on any atom is 0.0478 e. The van der Waals surface area contributed by atoms with Crippen molar-refractivity contribution in [3.8, 4) is 0 Å². The molecule has 1 atom stereocenters. The van der Waals surface area contributed by atoms with E-state index in [4.69, 9.17) is 4.74 Å². The first-order valence-corrected chi connectivity index (χ1v) is 6.40. The van der Waals surface area contributed by atoms with Gasteiger partial charge in [0.1, 0.15) is 0 Å². The van der Waals surface area contributed by atoms with Crippen LogP contribution in [0.2, 0.25) is 0 Å². The number of nitrogens with one attached hydrogen (secondary N) is 1. The van der Waals surface area contributed by atoms with Crippen molar-refractivity contribution in [1.82, 2.24) is 10.2 Å². The molecule has 1 N–H and O–H groups in total. The number of likely N-dealkylation sites (N-methyl/N-ethyl adjacent to an activating group) is 1. The van der Waals surface area contributed by atoms with Crippen LogP contribution in [0, 0.1) is 0 Å². The highest BCUT2D eigenvalue weighted by Gasteiger charge is 2.16. The molecule has 0 aromatic carbocycles. The van der Waals surface area contributed by atoms with Gasteiger partial charge in [0.25, 0.3) is 0 Å². The van der Waals surface area contributed by atoms with Crippen molar-refractivity contribution in [2.45, 2.75) is 39.2 Å². The standard InChI is InChI=1S/C12H26N2O/c1-3-14(9-6-10-15-4-2)11-12-7-5-8-13-12/h12-13H,3-11H2,1-2H3. The van der Waals surface area contributed by atoms with Gasteiger partial charge in [-0.15, -0.1) is 0 Å². The summed E-state index contributed by atoms with van der Waals surface area (Å²) in [5.41, 5.74) is 0. The summed E-state index contributed by atoms with van der Waals surface area (Å²) < 4.78 is 5.36. The fraction of sp³-hybridized carbons (Fsp3) is 1.00. The molecule has 3 heteroatoms. The molecule has 1 unspecified atom stereocenters. The molecule has 1 rings (SSSR count). The minimum atomic E-state index is 0.733. The van der Waals surface area contributed by atoms with Crippen LogP contribution in [0.1, 0.15) is 33.1 Å². The third-order valence-electron chi connectivity index (χ3n) is 3.06. The Hall–Kier alpha value is -0.120. The molecule has 1 saturated heterocycles. The highest BCUT2D eigenvalue weighted by Crippen LogP contribution is 2.07. The first kappa shape index (κ1) is 12.9. The fourth-order valence-corrected chi connectivity index (χ4v) is 2.14. The predicted molar refractivity (Wildman–Crippen MR) is 64.2 cm³/mol. The van der Waals surface area contributed by atoms with E-state index in [1.165, 1.54) is 32.5 Å². The summed E-state index contributed by atoms with van der Waals surface area (Å²) in [5.74, 6) is 0. The van der Waals surface area contributed by atoms with Crippen LogP contribution in [0.3, 0.4) is 0 Å². The predicted octanol–water partition coefficient (Wildman–Crippen LogP) is 1.49. The Balaban J connectivity index is 2.06. The topological polar surface area (TPSA) is 24.5 Å². The zero-order chi connectivity index (χ0) is 10.9. The summed E-state index contributed by atoms with van der Waals surface area (Å²) in [5, 5.41) is 3.55. The van der Waals surface area contributed by atoms with Gasteiger partial charge in [-0.2, -0.15) is 0 Å². The van der Waals surface area contributed by atoms with Crippen LogP contribution in [-0.4, -0.2) is 50.3 Å². The second-order valence-corrected chi connectivity index (χ2v) is 4.24. The number of rotatable bonds is 8. The van der Waals surface area contributed by atoms with Gasteiger partial charge in [0.2, 0.25) is 0 Å². The Kier molecular flexibility index (Phi) is 6.98. The lowest BCUT2D eigenvalue weighted by Gasteiger charge is -2.24. The second-order valence-electron chi connectivity index (χ2n) is 4.24. The van der Waals surface area contributed by atoms with E-state index in [-0.39, 0.29) is 0 Å². The minimum Gasteiger partial charge on any atom is -0.382 e. The molecule has 0 aliphatic carbocycles. The molecule has 0 aromatic heterocycles. The number of hydrogen-bond donors (Lipinski definition) is 1. The molecule has 1 aliphatic rings. The van der Waals surface area contributed by atoms with Crippen LogP contribution < -0.4 is 5.32 Å². The molecular formula is C12H26N2O. The normalized spacial score (nSPS) is 21.4. The van der Waals surface area contributed by atoms with Crippen molar-refractivity contribution in [3.05, 3.63) is 0 Å². The third kappa shape index (κ3) is 5.50. The highest BCUT2D eigenvalue weighted by molar-refractivity contribution is 4.77. The molecule has 1 aliphatic heterocycles. The number of hydrogen-bond acceptors (Lipinski definition) is 3. The maximum atomic E-state index is 5.36. The summed E-state index contributed by atoms with van der Waals surface area (Å²) >= 11 is 0. The van der Waals surface area contributed by atoms with E-state index in [0.717, 1.165) is 32.2 Å². The van der Waals surface area contributed by atoms with Gasteiger partial charge in [-0.3, -0.25) is 0 Å². The Morgan fingerprint density at radius 3 is 2.87 bits per heavy atom. The Bertz CT molecular complexity index is 147. The second kappa shape index (κ2) is 8.08. The van der Waals surface area contributed by atoms with Crippen molar-refractivity contribution in [2.75, 3.05) is 39.4 Å². The van der Waals surface area contributed by atoms with Crippen LogP contribution in [-0.2, 0) is 4.74 Å². The molecule has 0 saturated carbocycles. The molecule has 3 nitrogen and oxygen atoms in total. The van der Waals surface area contributed by atoms with Gasteiger partial charge < -0.3 is 15.0 Å². The third-order valence-corrected chi connectivity index (χ3v) is 3.06. The number of ether oxygens (including phenoxy) is 1. The molecule has 1 fully saturated rings. The van der Waals surface area contributed by atoms with Gasteiger partial charge in [0.05, 0.1) is 0 Å². The molecule has 0 radical (unpaired) electrons. The SMILES string of the molecule is CCOCCCN(CC)CC1CCCN1. The lowest BCUT2D eigenvalue weighted by atomic mass is 10.2. The van der Waals surface area contributed by atoms with Crippen molar-refractivity contribution < 1.29 is 4.74 Å². The van der Waals surface area contributed by atoms with E-state index in [1.807, 2.05) is 0 Å². The average Bonchev–Trinajstić information content (AvgIpc) is 2.75. The van der Waals surface area contributed by atoms with Gasteiger partial charge >= 0.3 is 0 Å². The maximum absolute atomic E-state index is 5.36. The summed E-state index contributed by atoms with van der Waals surface area (Å²) in [6.45, 7) is 10.8. The van der Waals surface area contributed by atoms with Crippen LogP contribution in [0.5, 0.6) is 0 Å². The Morgan fingerprint density at radius 1 is 1.40 bits per heavy atom. The van der Waals surface area contributed by atoms with Crippen molar-refractivity contribution >= 4 is 0 Å². The average molecular weight is 214 g/mol. The van der Waals surface area contributed by atoms with Gasteiger partial charge in [0, 0.05) is 32.3 Å². The molecule has 0 bridgehead atoms. The fourth-order valence-electron chi connectivity index (χ4n) is 2.14. The summed E-state index contributed by atoms with van der Waals surface area (Å²) in [7, 11) is 0. The lowest BCUT2D eigenvalue weighted by molar-refractivity contribution is 0.131. The first-order valence-electron chi connectivity index (χ1n) is 6.40. The van der Waals surface area contributed by atoms with E-state index in [9.17, 15) is 0 Å². The molecular weight excluding hydrogens is 188 g/mol. The van der Waals surface area contributed by atoms with Crippen LogP contribution in [0.4, 0.5) is 0 Å². The quantitative estimate of drug-likeness (QED) is 0.620. The summed E-state index contributed by atoms with van der Waals surface area (Å²) in [4.78, 5) is 2.53. The van der Waals surface area contributed by atoms with E-state index in [0.29, 0.717) is 0 Å². The van der Waals surface area contributed by atoms with Gasteiger partial charge in [-0.1, -0.05) is 6.92 Å². The molecule has 0 spiro atoms. The zero-order valence-corrected chi connectivity index (χ0v) is 10.3. The van der Waals surface area contributed by atoms with Gasteiger partial charge in [0.15, 0.2) is 0 Å². The monoisotopic (exact) mass is 214 g/mol.